The molecule has 3 heteroatoms. The lowest BCUT2D eigenvalue weighted by atomic mass is 10.3. The topological polar surface area (TPSA) is 37.6 Å². The van der Waals surface area contributed by atoms with Gasteiger partial charge in [0, 0.05) is 11.6 Å². The van der Waals surface area contributed by atoms with E-state index in [9.17, 15) is 0 Å². The van der Waals surface area contributed by atoms with Crippen molar-refractivity contribution in [2.24, 2.45) is 0 Å². The van der Waals surface area contributed by atoms with Gasteiger partial charge in [0.25, 0.3) is 5.82 Å². The molecule has 0 radical (unpaired) electrons. The van der Waals surface area contributed by atoms with Crippen molar-refractivity contribution in [3.63, 3.8) is 0 Å². The van der Waals surface area contributed by atoms with Gasteiger partial charge in [-0.2, -0.15) is 0 Å². The Morgan fingerprint density at radius 3 is 2.38 bits per heavy atom. The SMILES string of the molecule is CCN(CC)c1ccc(CO)c[nH+]1. The number of anilines is 1. The molecule has 0 spiro atoms. The van der Waals surface area contributed by atoms with E-state index in [2.05, 4.69) is 23.7 Å². The second-order valence-corrected chi connectivity index (χ2v) is 2.91. The van der Waals surface area contributed by atoms with Gasteiger partial charge >= 0.3 is 0 Å². The summed E-state index contributed by atoms with van der Waals surface area (Å²) in [6.45, 7) is 6.32. The van der Waals surface area contributed by atoms with E-state index in [-0.39, 0.29) is 6.61 Å². The number of aliphatic hydroxyl groups is 1. The molecule has 0 atom stereocenters. The maximum absolute atomic E-state index is 8.85. The lowest BCUT2D eigenvalue weighted by Gasteiger charge is -2.11. The van der Waals surface area contributed by atoms with E-state index >= 15 is 0 Å². The second kappa shape index (κ2) is 4.82. The number of H-pyrrole nitrogens is 1. The Hall–Kier alpha value is -1.09. The number of hydrogen-bond donors (Lipinski definition) is 1. The molecule has 0 saturated carbocycles. The number of aliphatic hydroxyl groups excluding tert-OH is 1. The lowest BCUT2D eigenvalue weighted by molar-refractivity contribution is -0.365. The minimum atomic E-state index is 0.0923. The van der Waals surface area contributed by atoms with Gasteiger partial charge in [0.05, 0.1) is 25.9 Å². The van der Waals surface area contributed by atoms with Crippen LogP contribution in [0.15, 0.2) is 18.3 Å². The molecule has 0 amide bonds. The molecule has 13 heavy (non-hydrogen) atoms. The summed E-state index contributed by atoms with van der Waals surface area (Å²) >= 11 is 0. The van der Waals surface area contributed by atoms with Crippen molar-refractivity contribution in [2.45, 2.75) is 20.5 Å². The van der Waals surface area contributed by atoms with Gasteiger partial charge in [-0.25, -0.2) is 4.98 Å². The first kappa shape index (κ1) is 9.99. The van der Waals surface area contributed by atoms with Gasteiger partial charge in [-0.1, -0.05) is 0 Å². The predicted octanol–water partition coefficient (Wildman–Crippen LogP) is 0.839. The minimum Gasteiger partial charge on any atom is -0.392 e. The quantitative estimate of drug-likeness (QED) is 0.747. The smallest absolute Gasteiger partial charge is 0.274 e. The van der Waals surface area contributed by atoms with Crippen molar-refractivity contribution >= 4 is 5.82 Å². The zero-order chi connectivity index (χ0) is 9.68. The Balaban J connectivity index is 2.78. The van der Waals surface area contributed by atoms with Crippen LogP contribution in [0.1, 0.15) is 19.4 Å². The van der Waals surface area contributed by atoms with Gasteiger partial charge in [0.1, 0.15) is 0 Å². The molecule has 2 N–H and O–H groups in total. The number of nitrogens with one attached hydrogen (secondary N) is 1. The van der Waals surface area contributed by atoms with E-state index in [0.717, 1.165) is 24.5 Å². The van der Waals surface area contributed by atoms with E-state index in [1.807, 2.05) is 18.3 Å². The van der Waals surface area contributed by atoms with Crippen LogP contribution in [0.25, 0.3) is 0 Å². The molecule has 0 saturated heterocycles. The van der Waals surface area contributed by atoms with E-state index in [1.54, 1.807) is 0 Å². The first-order chi connectivity index (χ1) is 6.31. The maximum Gasteiger partial charge on any atom is 0.274 e. The highest BCUT2D eigenvalue weighted by atomic mass is 16.3. The summed E-state index contributed by atoms with van der Waals surface area (Å²) in [4.78, 5) is 5.38. The molecule has 3 nitrogen and oxygen atoms in total. The normalized spacial score (nSPS) is 10.1. The molecule has 1 aromatic rings. The minimum absolute atomic E-state index is 0.0923. The third-order valence-corrected chi connectivity index (χ3v) is 2.15. The van der Waals surface area contributed by atoms with Gasteiger partial charge in [-0.05, 0) is 19.9 Å². The molecule has 0 unspecified atom stereocenters. The van der Waals surface area contributed by atoms with Crippen LogP contribution in [-0.4, -0.2) is 18.2 Å². The van der Waals surface area contributed by atoms with Gasteiger partial charge in [0.15, 0.2) is 0 Å². The number of nitrogens with zero attached hydrogens (tertiary/aromatic N) is 1. The Labute approximate surface area is 79.0 Å². The highest BCUT2D eigenvalue weighted by molar-refractivity contribution is 5.32. The summed E-state index contributed by atoms with van der Waals surface area (Å²) in [5.41, 5.74) is 0.913. The van der Waals surface area contributed by atoms with Gasteiger partial charge in [-0.3, -0.25) is 4.90 Å². The zero-order valence-corrected chi connectivity index (χ0v) is 8.25. The van der Waals surface area contributed by atoms with Gasteiger partial charge < -0.3 is 5.11 Å². The van der Waals surface area contributed by atoms with Crippen molar-refractivity contribution in [3.8, 4) is 0 Å². The number of aromatic nitrogens is 1. The van der Waals surface area contributed by atoms with Crippen LogP contribution in [0, 0.1) is 0 Å². The molecule has 0 aromatic carbocycles. The standard InChI is InChI=1S/C10H16N2O/c1-3-12(4-2)10-6-5-9(8-13)7-11-10/h5-7,13H,3-4,8H2,1-2H3/p+1. The number of aromatic amines is 1. The van der Waals surface area contributed by atoms with E-state index in [0.29, 0.717) is 0 Å². The van der Waals surface area contributed by atoms with Gasteiger partial charge in [0.2, 0.25) is 0 Å². The van der Waals surface area contributed by atoms with Crippen LogP contribution < -0.4 is 9.88 Å². The summed E-state index contributed by atoms with van der Waals surface area (Å²) in [5.74, 6) is 1.10. The third-order valence-electron chi connectivity index (χ3n) is 2.15. The Kier molecular flexibility index (Phi) is 3.71. The van der Waals surface area contributed by atoms with E-state index in [4.69, 9.17) is 5.11 Å². The summed E-state index contributed by atoms with van der Waals surface area (Å²) in [7, 11) is 0. The molecular weight excluding hydrogens is 164 g/mol. The first-order valence-corrected chi connectivity index (χ1v) is 4.68. The van der Waals surface area contributed by atoms with Crippen molar-refractivity contribution in [2.75, 3.05) is 18.0 Å². The molecule has 72 valence electrons. The molecule has 0 aliphatic rings. The monoisotopic (exact) mass is 181 g/mol. The largest absolute Gasteiger partial charge is 0.392 e. The van der Waals surface area contributed by atoms with E-state index in [1.165, 1.54) is 0 Å². The molecule has 1 rings (SSSR count). The lowest BCUT2D eigenvalue weighted by Crippen LogP contribution is -2.28. The molecule has 0 bridgehead atoms. The highest BCUT2D eigenvalue weighted by Gasteiger charge is 2.09. The molecule has 0 fully saturated rings. The fourth-order valence-electron chi connectivity index (χ4n) is 1.31. The van der Waals surface area contributed by atoms with Crippen LogP contribution in [0.2, 0.25) is 0 Å². The van der Waals surface area contributed by atoms with Crippen molar-refractivity contribution < 1.29 is 10.1 Å². The molecule has 1 aromatic heterocycles. The predicted molar refractivity (Wildman–Crippen MR) is 52.5 cm³/mol. The Morgan fingerprint density at radius 2 is 2.00 bits per heavy atom. The summed E-state index contributed by atoms with van der Waals surface area (Å²) in [6, 6.07) is 3.93. The van der Waals surface area contributed by atoms with Gasteiger partial charge in [-0.15, -0.1) is 0 Å². The summed E-state index contributed by atoms with van der Waals surface area (Å²) < 4.78 is 0. The van der Waals surface area contributed by atoms with Crippen LogP contribution >= 0.6 is 0 Å². The van der Waals surface area contributed by atoms with Crippen LogP contribution in [0.3, 0.4) is 0 Å². The van der Waals surface area contributed by atoms with Crippen LogP contribution in [0.5, 0.6) is 0 Å². The number of pyridine rings is 1. The van der Waals surface area contributed by atoms with E-state index < -0.39 is 0 Å². The molecule has 0 aliphatic carbocycles. The van der Waals surface area contributed by atoms with Crippen molar-refractivity contribution in [1.29, 1.82) is 0 Å². The zero-order valence-electron chi connectivity index (χ0n) is 8.25. The summed E-state index contributed by atoms with van der Waals surface area (Å²) in [6.07, 6.45) is 1.84. The summed E-state index contributed by atoms with van der Waals surface area (Å²) in [5, 5.41) is 8.85. The number of hydrogen-bond acceptors (Lipinski definition) is 2. The fraction of sp³-hybridized carbons (Fsp3) is 0.500. The van der Waals surface area contributed by atoms with Crippen LogP contribution in [-0.2, 0) is 6.61 Å². The average Bonchev–Trinajstić information content (AvgIpc) is 2.21. The average molecular weight is 181 g/mol. The molecule has 1 heterocycles. The Bertz CT molecular complexity index is 242. The number of rotatable bonds is 4. The van der Waals surface area contributed by atoms with Crippen molar-refractivity contribution in [1.82, 2.24) is 0 Å². The maximum atomic E-state index is 8.85. The Morgan fingerprint density at radius 1 is 1.31 bits per heavy atom. The van der Waals surface area contributed by atoms with Crippen molar-refractivity contribution in [3.05, 3.63) is 23.9 Å². The molecule has 0 aliphatic heterocycles. The van der Waals surface area contributed by atoms with Crippen LogP contribution in [0.4, 0.5) is 5.82 Å². The fourth-order valence-corrected chi connectivity index (χ4v) is 1.31. The first-order valence-electron chi connectivity index (χ1n) is 4.68. The molecular formula is C10H17N2O+. The third kappa shape index (κ3) is 2.42. The second-order valence-electron chi connectivity index (χ2n) is 2.91. The highest BCUT2D eigenvalue weighted by Crippen LogP contribution is 2.06.